The second-order valence-corrected chi connectivity index (χ2v) is 6.59. The van der Waals surface area contributed by atoms with Gasteiger partial charge in [0.1, 0.15) is 0 Å². The minimum Gasteiger partial charge on any atom is -0.356 e. The smallest absolute Gasteiger partial charge is 0.220 e. The van der Waals surface area contributed by atoms with E-state index in [-0.39, 0.29) is 11.3 Å². The lowest BCUT2D eigenvalue weighted by atomic mass is 9.92. The van der Waals surface area contributed by atoms with E-state index in [1.54, 1.807) is 0 Å². The lowest BCUT2D eigenvalue weighted by molar-refractivity contribution is -0.121. The molecule has 0 aliphatic rings. The molecule has 0 radical (unpaired) electrons. The number of hydrogen-bond acceptors (Lipinski definition) is 1. The van der Waals surface area contributed by atoms with E-state index in [9.17, 15) is 4.79 Å². The van der Waals surface area contributed by atoms with Crippen LogP contribution in [0, 0.1) is 17.3 Å². The van der Waals surface area contributed by atoms with Crippen LogP contribution in [0.1, 0.15) is 58.1 Å². The molecule has 2 heteroatoms. The van der Waals surface area contributed by atoms with Crippen molar-refractivity contribution in [2.45, 2.75) is 53.4 Å². The van der Waals surface area contributed by atoms with Gasteiger partial charge in [0.05, 0.1) is 0 Å². The van der Waals surface area contributed by atoms with E-state index in [1.165, 1.54) is 5.56 Å². The van der Waals surface area contributed by atoms with Crippen molar-refractivity contribution in [1.29, 1.82) is 0 Å². The van der Waals surface area contributed by atoms with Gasteiger partial charge in [-0.15, -0.1) is 5.92 Å². The summed E-state index contributed by atoms with van der Waals surface area (Å²) in [5.74, 6) is 6.08. The van der Waals surface area contributed by atoms with E-state index in [0.717, 1.165) is 31.4 Å². The van der Waals surface area contributed by atoms with Crippen LogP contribution in [0.15, 0.2) is 24.3 Å². The van der Waals surface area contributed by atoms with Crippen molar-refractivity contribution in [2.24, 2.45) is 5.41 Å². The molecule has 0 heterocycles. The Labute approximate surface area is 129 Å². The van der Waals surface area contributed by atoms with Gasteiger partial charge in [-0.05, 0) is 49.3 Å². The zero-order chi connectivity index (χ0) is 15.7. The van der Waals surface area contributed by atoms with Crippen LogP contribution in [0.4, 0.5) is 0 Å². The van der Waals surface area contributed by atoms with Crippen LogP contribution in [0.5, 0.6) is 0 Å². The topological polar surface area (TPSA) is 29.1 Å². The Hall–Kier alpha value is -1.75. The number of carbonyl (C=O) groups excluding carboxylic acids is 1. The van der Waals surface area contributed by atoms with E-state index >= 15 is 0 Å². The highest BCUT2D eigenvalue weighted by Gasteiger charge is 2.10. The molecule has 0 unspecified atom stereocenters. The normalized spacial score (nSPS) is 10.7. The first-order valence-electron chi connectivity index (χ1n) is 7.69. The van der Waals surface area contributed by atoms with Gasteiger partial charge in [-0.1, -0.05) is 38.8 Å². The summed E-state index contributed by atoms with van der Waals surface area (Å²) < 4.78 is 0. The maximum absolute atomic E-state index is 11.7. The standard InChI is InChI=1S/C19H27NO/c1-5-7-16-10-12-17(13-11-16)8-6-9-18(21)20-15-14-19(2,3)4/h10-13H,6,8-9,14-15H2,1-4H3,(H,20,21). The molecule has 2 nitrogen and oxygen atoms in total. The predicted molar refractivity (Wildman–Crippen MR) is 89.0 cm³/mol. The molecule has 0 saturated carbocycles. The Kier molecular flexibility index (Phi) is 7.02. The number of hydrogen-bond donors (Lipinski definition) is 1. The van der Waals surface area contributed by atoms with Crippen LogP contribution in [0.2, 0.25) is 0 Å². The highest BCUT2D eigenvalue weighted by molar-refractivity contribution is 5.75. The highest BCUT2D eigenvalue weighted by atomic mass is 16.1. The molecule has 1 N–H and O–H groups in total. The van der Waals surface area contributed by atoms with E-state index < -0.39 is 0 Å². The van der Waals surface area contributed by atoms with Crippen LogP contribution in [-0.2, 0) is 11.2 Å². The number of amides is 1. The average molecular weight is 285 g/mol. The van der Waals surface area contributed by atoms with Crippen LogP contribution in [0.25, 0.3) is 0 Å². The third kappa shape index (κ3) is 8.19. The summed E-state index contributed by atoms with van der Waals surface area (Å²) in [6.07, 6.45) is 3.44. The van der Waals surface area contributed by atoms with Gasteiger partial charge in [-0.25, -0.2) is 0 Å². The third-order valence-electron chi connectivity index (χ3n) is 3.29. The molecule has 0 bridgehead atoms. The quantitative estimate of drug-likeness (QED) is 0.788. The number of aryl methyl sites for hydroxylation is 1. The zero-order valence-corrected chi connectivity index (χ0v) is 13.8. The second-order valence-electron chi connectivity index (χ2n) is 6.59. The van der Waals surface area contributed by atoms with Gasteiger partial charge in [0.25, 0.3) is 0 Å². The summed E-state index contributed by atoms with van der Waals surface area (Å²) >= 11 is 0. The van der Waals surface area contributed by atoms with Crippen LogP contribution in [0.3, 0.4) is 0 Å². The number of nitrogens with one attached hydrogen (secondary N) is 1. The first-order chi connectivity index (χ1) is 9.90. The summed E-state index contributed by atoms with van der Waals surface area (Å²) in [5, 5.41) is 2.99. The van der Waals surface area contributed by atoms with E-state index in [1.807, 2.05) is 19.1 Å². The largest absolute Gasteiger partial charge is 0.356 e. The van der Waals surface area contributed by atoms with Crippen molar-refractivity contribution in [1.82, 2.24) is 5.32 Å². The lowest BCUT2D eigenvalue weighted by Gasteiger charge is -2.17. The molecule has 0 spiro atoms. The average Bonchev–Trinajstić information content (AvgIpc) is 2.39. The summed E-state index contributed by atoms with van der Waals surface area (Å²) in [5.41, 5.74) is 2.58. The molecule has 0 aromatic heterocycles. The van der Waals surface area contributed by atoms with Crippen molar-refractivity contribution in [3.05, 3.63) is 35.4 Å². The lowest BCUT2D eigenvalue weighted by Crippen LogP contribution is -2.27. The molecule has 1 rings (SSSR count). The molecule has 0 aliphatic heterocycles. The zero-order valence-electron chi connectivity index (χ0n) is 13.8. The number of carbonyl (C=O) groups is 1. The number of benzene rings is 1. The highest BCUT2D eigenvalue weighted by Crippen LogP contribution is 2.17. The minimum atomic E-state index is 0.160. The fourth-order valence-electron chi connectivity index (χ4n) is 2.02. The van der Waals surface area contributed by atoms with Crippen molar-refractivity contribution >= 4 is 5.91 Å². The van der Waals surface area contributed by atoms with Crippen molar-refractivity contribution in [2.75, 3.05) is 6.54 Å². The van der Waals surface area contributed by atoms with Gasteiger partial charge in [0.2, 0.25) is 5.91 Å². The third-order valence-corrected chi connectivity index (χ3v) is 3.29. The minimum absolute atomic E-state index is 0.160. The van der Waals surface area contributed by atoms with Crippen LogP contribution >= 0.6 is 0 Å². The fraction of sp³-hybridized carbons (Fsp3) is 0.526. The van der Waals surface area contributed by atoms with Gasteiger partial charge in [0.15, 0.2) is 0 Å². The van der Waals surface area contributed by atoms with Crippen LogP contribution < -0.4 is 5.32 Å². The monoisotopic (exact) mass is 285 g/mol. The molecule has 1 aromatic carbocycles. The molecule has 0 atom stereocenters. The molecule has 1 amide bonds. The Morgan fingerprint density at radius 1 is 1.19 bits per heavy atom. The Morgan fingerprint density at radius 3 is 2.43 bits per heavy atom. The van der Waals surface area contributed by atoms with E-state index in [0.29, 0.717) is 6.42 Å². The van der Waals surface area contributed by atoms with Gasteiger partial charge >= 0.3 is 0 Å². The van der Waals surface area contributed by atoms with Crippen LogP contribution in [-0.4, -0.2) is 12.5 Å². The van der Waals surface area contributed by atoms with Gasteiger partial charge in [0, 0.05) is 18.5 Å². The Morgan fingerprint density at radius 2 is 1.86 bits per heavy atom. The Balaban J connectivity index is 2.23. The molecule has 21 heavy (non-hydrogen) atoms. The molecule has 114 valence electrons. The first kappa shape index (κ1) is 17.3. The second kappa shape index (κ2) is 8.52. The summed E-state index contributed by atoms with van der Waals surface area (Å²) in [6.45, 7) is 9.17. The van der Waals surface area contributed by atoms with Crippen molar-refractivity contribution < 1.29 is 4.79 Å². The van der Waals surface area contributed by atoms with Gasteiger partial charge in [-0.2, -0.15) is 0 Å². The molecular formula is C19H27NO. The molecule has 0 saturated heterocycles. The summed E-state index contributed by atoms with van der Waals surface area (Å²) in [7, 11) is 0. The van der Waals surface area contributed by atoms with Gasteiger partial charge in [-0.3, -0.25) is 4.79 Å². The van der Waals surface area contributed by atoms with Gasteiger partial charge < -0.3 is 5.32 Å². The molecule has 0 fully saturated rings. The predicted octanol–water partition coefficient (Wildman–Crippen LogP) is 3.93. The van der Waals surface area contributed by atoms with Crippen molar-refractivity contribution in [3.63, 3.8) is 0 Å². The molecular weight excluding hydrogens is 258 g/mol. The number of rotatable bonds is 6. The maximum atomic E-state index is 11.7. The maximum Gasteiger partial charge on any atom is 0.220 e. The van der Waals surface area contributed by atoms with E-state index in [2.05, 4.69) is 50.1 Å². The molecule has 1 aromatic rings. The Bertz CT molecular complexity index is 497. The fourth-order valence-corrected chi connectivity index (χ4v) is 2.02. The summed E-state index contributed by atoms with van der Waals surface area (Å²) in [6, 6.07) is 8.26. The van der Waals surface area contributed by atoms with Crippen molar-refractivity contribution in [3.8, 4) is 11.8 Å². The molecule has 0 aliphatic carbocycles. The first-order valence-corrected chi connectivity index (χ1v) is 7.69. The van der Waals surface area contributed by atoms with E-state index in [4.69, 9.17) is 0 Å². The summed E-state index contributed by atoms with van der Waals surface area (Å²) in [4.78, 5) is 11.7. The SMILES string of the molecule is CC#Cc1ccc(CCCC(=O)NCCC(C)(C)C)cc1.